The minimum Gasteiger partial charge on any atom is -0.0942 e. The van der Waals surface area contributed by atoms with Crippen LogP contribution in [0, 0.1) is 0 Å². The normalized spacial score (nSPS) is 13.7. The fourth-order valence-corrected chi connectivity index (χ4v) is 2.73. The summed E-state index contributed by atoms with van der Waals surface area (Å²) in [5.41, 5.74) is 0. The van der Waals surface area contributed by atoms with E-state index in [-0.39, 0.29) is 0 Å². The molecule has 0 fully saturated rings. The molecule has 0 spiro atoms. The van der Waals surface area contributed by atoms with Crippen LogP contribution in [0.2, 0.25) is 0 Å². The average molecular weight is 164 g/mol. The van der Waals surface area contributed by atoms with Gasteiger partial charge in [0.25, 0.3) is 0 Å². The van der Waals surface area contributed by atoms with Gasteiger partial charge in [-0.25, -0.2) is 0 Å². The van der Waals surface area contributed by atoms with Crippen LogP contribution in [0.15, 0.2) is 0 Å². The van der Waals surface area contributed by atoms with Crippen molar-refractivity contribution in [3.63, 3.8) is 0 Å². The summed E-state index contributed by atoms with van der Waals surface area (Å²) in [5, 5.41) is 0.847. The SMILES string of the molecule is CCCC(C)SSCC. The van der Waals surface area contributed by atoms with Gasteiger partial charge in [0, 0.05) is 11.0 Å². The van der Waals surface area contributed by atoms with Gasteiger partial charge in [0.1, 0.15) is 0 Å². The number of hydrogen-bond donors (Lipinski definition) is 0. The van der Waals surface area contributed by atoms with Crippen LogP contribution in [0.1, 0.15) is 33.6 Å². The minimum absolute atomic E-state index is 0.847. The predicted octanol–water partition coefficient (Wildman–Crippen LogP) is 3.58. The lowest BCUT2D eigenvalue weighted by Gasteiger charge is -2.06. The smallest absolute Gasteiger partial charge is 0.0123 e. The van der Waals surface area contributed by atoms with E-state index in [9.17, 15) is 0 Å². The summed E-state index contributed by atoms with van der Waals surface area (Å²) in [4.78, 5) is 0. The first-order chi connectivity index (χ1) is 4.31. The molecule has 9 heavy (non-hydrogen) atoms. The Bertz CT molecular complexity index is 54.9. The van der Waals surface area contributed by atoms with Gasteiger partial charge in [0.2, 0.25) is 0 Å². The van der Waals surface area contributed by atoms with Crippen molar-refractivity contribution < 1.29 is 0 Å². The van der Waals surface area contributed by atoms with Gasteiger partial charge in [0.15, 0.2) is 0 Å². The largest absolute Gasteiger partial charge is 0.0942 e. The second kappa shape index (κ2) is 6.81. The molecule has 0 heterocycles. The van der Waals surface area contributed by atoms with Crippen LogP contribution in [0.4, 0.5) is 0 Å². The zero-order chi connectivity index (χ0) is 7.11. The van der Waals surface area contributed by atoms with E-state index in [0.29, 0.717) is 0 Å². The fraction of sp³-hybridized carbons (Fsp3) is 1.00. The molecule has 0 aliphatic heterocycles. The van der Waals surface area contributed by atoms with Gasteiger partial charge in [-0.15, -0.1) is 0 Å². The molecule has 0 aliphatic carbocycles. The molecule has 0 nitrogen and oxygen atoms in total. The Labute approximate surface area is 66.6 Å². The maximum atomic E-state index is 2.30. The van der Waals surface area contributed by atoms with E-state index in [1.54, 1.807) is 0 Å². The second-order valence-corrected chi connectivity index (χ2v) is 5.20. The molecule has 0 aromatic rings. The van der Waals surface area contributed by atoms with Gasteiger partial charge in [-0.05, 0) is 6.42 Å². The molecular weight excluding hydrogens is 148 g/mol. The Morgan fingerprint density at radius 3 is 2.44 bits per heavy atom. The van der Waals surface area contributed by atoms with Crippen molar-refractivity contribution in [3.05, 3.63) is 0 Å². The second-order valence-electron chi connectivity index (χ2n) is 2.10. The molecule has 0 bridgehead atoms. The quantitative estimate of drug-likeness (QED) is 0.570. The average Bonchev–Trinajstić information content (AvgIpc) is 1.85. The third-order valence-electron chi connectivity index (χ3n) is 1.05. The maximum absolute atomic E-state index is 2.30. The van der Waals surface area contributed by atoms with Crippen LogP contribution in [-0.4, -0.2) is 11.0 Å². The molecule has 0 rings (SSSR count). The molecule has 0 N–H and O–H groups in total. The minimum atomic E-state index is 0.847. The van der Waals surface area contributed by atoms with Crippen LogP contribution < -0.4 is 0 Å². The molecule has 56 valence electrons. The third-order valence-corrected chi connectivity index (χ3v) is 4.08. The molecule has 0 saturated carbocycles. The van der Waals surface area contributed by atoms with Crippen LogP contribution >= 0.6 is 21.6 Å². The first kappa shape index (κ1) is 9.70. The van der Waals surface area contributed by atoms with E-state index < -0.39 is 0 Å². The zero-order valence-corrected chi connectivity index (χ0v) is 8.15. The lowest BCUT2D eigenvalue weighted by Crippen LogP contribution is -1.91. The highest BCUT2D eigenvalue weighted by Crippen LogP contribution is 2.28. The molecule has 2 heteroatoms. The van der Waals surface area contributed by atoms with E-state index in [1.807, 2.05) is 21.6 Å². The predicted molar refractivity (Wildman–Crippen MR) is 50.1 cm³/mol. The summed E-state index contributed by atoms with van der Waals surface area (Å²) in [7, 11) is 3.99. The van der Waals surface area contributed by atoms with Gasteiger partial charge in [0.05, 0.1) is 0 Å². The Morgan fingerprint density at radius 1 is 1.33 bits per heavy atom. The van der Waals surface area contributed by atoms with Crippen molar-refractivity contribution in [3.8, 4) is 0 Å². The van der Waals surface area contributed by atoms with E-state index in [2.05, 4.69) is 20.8 Å². The third kappa shape index (κ3) is 6.59. The zero-order valence-electron chi connectivity index (χ0n) is 6.52. The first-order valence-corrected chi connectivity index (χ1v) is 5.97. The Kier molecular flexibility index (Phi) is 7.34. The molecule has 0 aromatic carbocycles. The first-order valence-electron chi connectivity index (χ1n) is 3.59. The Balaban J connectivity index is 2.95. The summed E-state index contributed by atoms with van der Waals surface area (Å²) in [6.07, 6.45) is 2.68. The topological polar surface area (TPSA) is 0 Å². The van der Waals surface area contributed by atoms with Crippen molar-refractivity contribution in [1.29, 1.82) is 0 Å². The number of hydrogen-bond acceptors (Lipinski definition) is 2. The van der Waals surface area contributed by atoms with Crippen molar-refractivity contribution in [2.45, 2.75) is 38.9 Å². The molecule has 1 unspecified atom stereocenters. The summed E-state index contributed by atoms with van der Waals surface area (Å²) < 4.78 is 0. The molecule has 0 saturated heterocycles. The Hall–Kier alpha value is 0.700. The van der Waals surface area contributed by atoms with E-state index >= 15 is 0 Å². The fourth-order valence-electron chi connectivity index (χ4n) is 0.639. The summed E-state index contributed by atoms with van der Waals surface area (Å²) in [5.74, 6) is 1.23. The molecule has 0 aromatic heterocycles. The van der Waals surface area contributed by atoms with Gasteiger partial charge < -0.3 is 0 Å². The standard InChI is InChI=1S/C7H16S2/c1-4-6-7(3)9-8-5-2/h7H,4-6H2,1-3H3. The number of rotatable bonds is 5. The summed E-state index contributed by atoms with van der Waals surface area (Å²) >= 11 is 0. The van der Waals surface area contributed by atoms with Gasteiger partial charge in [-0.3, -0.25) is 0 Å². The van der Waals surface area contributed by atoms with Gasteiger partial charge in [-0.2, -0.15) is 0 Å². The molecule has 0 amide bonds. The lowest BCUT2D eigenvalue weighted by molar-refractivity contribution is 0.790. The molecule has 0 radical (unpaired) electrons. The summed E-state index contributed by atoms with van der Waals surface area (Å²) in [6.45, 7) is 6.75. The molecule has 0 aliphatic rings. The molecular formula is C7H16S2. The highest BCUT2D eigenvalue weighted by Gasteiger charge is 1.98. The van der Waals surface area contributed by atoms with E-state index in [0.717, 1.165) is 5.25 Å². The van der Waals surface area contributed by atoms with Crippen molar-refractivity contribution in [1.82, 2.24) is 0 Å². The Morgan fingerprint density at radius 2 is 2.00 bits per heavy atom. The maximum Gasteiger partial charge on any atom is 0.0123 e. The van der Waals surface area contributed by atoms with Crippen LogP contribution in [0.5, 0.6) is 0 Å². The van der Waals surface area contributed by atoms with Crippen molar-refractivity contribution in [2.24, 2.45) is 0 Å². The van der Waals surface area contributed by atoms with E-state index in [1.165, 1.54) is 18.6 Å². The lowest BCUT2D eigenvalue weighted by atomic mass is 10.3. The summed E-state index contributed by atoms with van der Waals surface area (Å²) in [6, 6.07) is 0. The molecule has 1 atom stereocenters. The van der Waals surface area contributed by atoms with Gasteiger partial charge >= 0.3 is 0 Å². The van der Waals surface area contributed by atoms with Crippen LogP contribution in [0.25, 0.3) is 0 Å². The van der Waals surface area contributed by atoms with Crippen LogP contribution in [0.3, 0.4) is 0 Å². The highest BCUT2D eigenvalue weighted by atomic mass is 33.1. The van der Waals surface area contributed by atoms with Crippen molar-refractivity contribution in [2.75, 3.05) is 5.75 Å². The van der Waals surface area contributed by atoms with Crippen LogP contribution in [-0.2, 0) is 0 Å². The van der Waals surface area contributed by atoms with Gasteiger partial charge in [-0.1, -0.05) is 48.8 Å². The van der Waals surface area contributed by atoms with E-state index in [4.69, 9.17) is 0 Å². The highest BCUT2D eigenvalue weighted by molar-refractivity contribution is 8.76. The monoisotopic (exact) mass is 164 g/mol. The van der Waals surface area contributed by atoms with Crippen molar-refractivity contribution >= 4 is 21.6 Å².